The topological polar surface area (TPSA) is 48.0 Å². The van der Waals surface area contributed by atoms with Crippen LogP contribution in [0.25, 0.3) is 0 Å². The van der Waals surface area contributed by atoms with E-state index in [-0.39, 0.29) is 17.7 Å². The number of likely N-dealkylation sites (tertiary alicyclic amines) is 1. The van der Waals surface area contributed by atoms with E-state index in [1.54, 1.807) is 0 Å². The Bertz CT molecular complexity index is 350. The number of rotatable bonds is 7. The summed E-state index contributed by atoms with van der Waals surface area (Å²) in [6.45, 7) is 9.87. The first-order valence-corrected chi connectivity index (χ1v) is 9.32. The van der Waals surface area contributed by atoms with E-state index in [1.807, 2.05) is 20.8 Å². The molecule has 0 aromatic heterocycles. The predicted octanol–water partition coefficient (Wildman–Crippen LogP) is 2.97. The molecular formula is C18H33NO4. The lowest BCUT2D eigenvalue weighted by atomic mass is 9.84. The zero-order chi connectivity index (χ0) is 16.7. The molecular weight excluding hydrogens is 294 g/mol. The quantitative estimate of drug-likeness (QED) is 0.531. The third-order valence-electron chi connectivity index (χ3n) is 5.21. The van der Waals surface area contributed by atoms with Crippen molar-refractivity contribution in [3.05, 3.63) is 0 Å². The fourth-order valence-electron chi connectivity index (χ4n) is 4.02. The number of ether oxygens (including phenoxy) is 3. The molecule has 2 fully saturated rings. The zero-order valence-electron chi connectivity index (χ0n) is 15.0. The molecule has 0 N–H and O–H groups in total. The lowest BCUT2D eigenvalue weighted by Crippen LogP contribution is -2.51. The molecule has 0 amide bonds. The fourth-order valence-corrected chi connectivity index (χ4v) is 4.02. The van der Waals surface area contributed by atoms with Gasteiger partial charge >= 0.3 is 5.97 Å². The monoisotopic (exact) mass is 327 g/mol. The van der Waals surface area contributed by atoms with Crippen molar-refractivity contribution in [3.8, 4) is 0 Å². The molecule has 1 saturated heterocycles. The minimum Gasteiger partial charge on any atom is -0.466 e. The van der Waals surface area contributed by atoms with Gasteiger partial charge in [-0.05, 0) is 46.5 Å². The molecule has 0 atom stereocenters. The van der Waals surface area contributed by atoms with Gasteiger partial charge in [0.05, 0.1) is 12.5 Å². The highest BCUT2D eigenvalue weighted by Crippen LogP contribution is 2.33. The van der Waals surface area contributed by atoms with Gasteiger partial charge in [0.1, 0.15) is 0 Å². The van der Waals surface area contributed by atoms with E-state index >= 15 is 0 Å². The maximum absolute atomic E-state index is 11.8. The van der Waals surface area contributed by atoms with E-state index in [1.165, 1.54) is 0 Å². The van der Waals surface area contributed by atoms with Crippen molar-refractivity contribution in [1.82, 2.24) is 4.90 Å². The van der Waals surface area contributed by atoms with Gasteiger partial charge in [0, 0.05) is 45.2 Å². The Morgan fingerprint density at radius 1 is 0.957 bits per heavy atom. The van der Waals surface area contributed by atoms with Gasteiger partial charge in [0.25, 0.3) is 0 Å². The number of carbonyl (C=O) groups is 1. The van der Waals surface area contributed by atoms with E-state index in [0.717, 1.165) is 51.6 Å². The number of hydrogen-bond acceptors (Lipinski definition) is 5. The average Bonchev–Trinajstić information content (AvgIpc) is 2.56. The largest absolute Gasteiger partial charge is 0.466 e. The molecule has 0 radical (unpaired) electrons. The Kier molecular flexibility index (Phi) is 7.31. The van der Waals surface area contributed by atoms with Crippen LogP contribution in [0.15, 0.2) is 0 Å². The summed E-state index contributed by atoms with van der Waals surface area (Å²) in [6.07, 6.45) is 5.99. The van der Waals surface area contributed by atoms with Crippen molar-refractivity contribution in [2.75, 3.05) is 32.9 Å². The van der Waals surface area contributed by atoms with Gasteiger partial charge in [-0.15, -0.1) is 0 Å². The normalized spacial score (nSPS) is 28.5. The first-order valence-electron chi connectivity index (χ1n) is 9.32. The van der Waals surface area contributed by atoms with Gasteiger partial charge in [-0.25, -0.2) is 0 Å². The summed E-state index contributed by atoms with van der Waals surface area (Å²) < 4.78 is 17.0. The van der Waals surface area contributed by atoms with Crippen molar-refractivity contribution in [2.24, 2.45) is 5.92 Å². The Balaban J connectivity index is 1.79. The smallest absolute Gasteiger partial charge is 0.308 e. The summed E-state index contributed by atoms with van der Waals surface area (Å²) in [4.78, 5) is 14.4. The summed E-state index contributed by atoms with van der Waals surface area (Å²) in [5, 5.41) is 0. The summed E-state index contributed by atoms with van der Waals surface area (Å²) in [5.74, 6) is -0.263. The second-order valence-electron chi connectivity index (χ2n) is 6.57. The van der Waals surface area contributed by atoms with Crippen molar-refractivity contribution in [3.63, 3.8) is 0 Å². The molecule has 5 heteroatoms. The lowest BCUT2D eigenvalue weighted by molar-refractivity contribution is -0.255. The van der Waals surface area contributed by atoms with Crippen molar-refractivity contribution in [1.29, 1.82) is 0 Å². The molecule has 1 saturated carbocycles. The highest BCUT2D eigenvalue weighted by atomic mass is 16.7. The average molecular weight is 327 g/mol. The maximum atomic E-state index is 11.8. The molecule has 1 heterocycles. The van der Waals surface area contributed by atoms with E-state index < -0.39 is 0 Å². The van der Waals surface area contributed by atoms with Crippen LogP contribution in [0.4, 0.5) is 0 Å². The predicted molar refractivity (Wildman–Crippen MR) is 89.2 cm³/mol. The van der Waals surface area contributed by atoms with Crippen LogP contribution in [0.2, 0.25) is 0 Å². The summed E-state index contributed by atoms with van der Waals surface area (Å²) >= 11 is 0. The van der Waals surface area contributed by atoms with Crippen molar-refractivity contribution >= 4 is 5.97 Å². The Hall–Kier alpha value is -0.650. The van der Waals surface area contributed by atoms with Crippen LogP contribution in [0.3, 0.4) is 0 Å². The number of hydrogen-bond donors (Lipinski definition) is 0. The van der Waals surface area contributed by atoms with Crippen LogP contribution in [0.1, 0.15) is 59.3 Å². The number of carbonyl (C=O) groups excluding carboxylic acids is 1. The SMILES string of the molecule is CCOC(=O)[C@H]1CC[C@H](N2CCC(OCC)(OCC)CC2)CC1. The van der Waals surface area contributed by atoms with Gasteiger partial charge in [-0.1, -0.05) is 0 Å². The van der Waals surface area contributed by atoms with E-state index in [2.05, 4.69) is 4.90 Å². The highest BCUT2D eigenvalue weighted by Gasteiger charge is 2.39. The van der Waals surface area contributed by atoms with E-state index in [9.17, 15) is 4.79 Å². The fraction of sp³-hybridized carbons (Fsp3) is 0.944. The Labute approximate surface area is 140 Å². The van der Waals surface area contributed by atoms with Crippen molar-refractivity contribution < 1.29 is 19.0 Å². The van der Waals surface area contributed by atoms with E-state index in [0.29, 0.717) is 25.9 Å². The molecule has 2 aliphatic rings. The van der Waals surface area contributed by atoms with Gasteiger partial charge in [0.2, 0.25) is 0 Å². The highest BCUT2D eigenvalue weighted by molar-refractivity contribution is 5.72. The van der Waals surface area contributed by atoms with Crippen LogP contribution in [-0.2, 0) is 19.0 Å². The summed E-state index contributed by atoms with van der Waals surface area (Å²) in [5.41, 5.74) is 0. The first kappa shape index (κ1) is 18.7. The summed E-state index contributed by atoms with van der Waals surface area (Å²) in [7, 11) is 0. The van der Waals surface area contributed by atoms with Crippen LogP contribution in [0, 0.1) is 5.92 Å². The minimum absolute atomic E-state index is 0.00342. The first-order chi connectivity index (χ1) is 11.1. The number of piperidine rings is 1. The summed E-state index contributed by atoms with van der Waals surface area (Å²) in [6, 6.07) is 0.599. The van der Waals surface area contributed by atoms with Gasteiger partial charge in [-0.3, -0.25) is 9.69 Å². The van der Waals surface area contributed by atoms with Gasteiger partial charge in [0.15, 0.2) is 5.79 Å². The Morgan fingerprint density at radius 3 is 2.00 bits per heavy atom. The molecule has 1 aliphatic heterocycles. The van der Waals surface area contributed by atoms with Crippen LogP contribution >= 0.6 is 0 Å². The molecule has 5 nitrogen and oxygen atoms in total. The molecule has 1 aliphatic carbocycles. The minimum atomic E-state index is -0.373. The van der Waals surface area contributed by atoms with Crippen LogP contribution < -0.4 is 0 Å². The van der Waals surface area contributed by atoms with E-state index in [4.69, 9.17) is 14.2 Å². The second-order valence-corrected chi connectivity index (χ2v) is 6.57. The lowest BCUT2D eigenvalue weighted by Gasteiger charge is -2.45. The molecule has 134 valence electrons. The van der Waals surface area contributed by atoms with Crippen LogP contribution in [-0.4, -0.2) is 55.6 Å². The third-order valence-corrected chi connectivity index (χ3v) is 5.21. The molecule has 2 rings (SSSR count). The number of nitrogens with zero attached hydrogens (tertiary/aromatic N) is 1. The second kappa shape index (κ2) is 9.00. The van der Waals surface area contributed by atoms with Crippen LogP contribution in [0.5, 0.6) is 0 Å². The molecule has 23 heavy (non-hydrogen) atoms. The maximum Gasteiger partial charge on any atom is 0.308 e. The molecule has 0 aromatic carbocycles. The molecule has 0 bridgehead atoms. The standard InChI is InChI=1S/C18H33NO4/c1-4-21-17(20)15-7-9-16(10-8-15)19-13-11-18(12-14-19,22-5-2)23-6-3/h15-16H,4-14H2,1-3H3/t15-,16-. The third kappa shape index (κ3) is 4.91. The molecule has 0 unspecified atom stereocenters. The zero-order valence-corrected chi connectivity index (χ0v) is 15.0. The molecule has 0 spiro atoms. The van der Waals surface area contributed by atoms with Gasteiger partial charge in [-0.2, -0.15) is 0 Å². The molecule has 0 aromatic rings. The van der Waals surface area contributed by atoms with Gasteiger partial charge < -0.3 is 14.2 Å². The number of esters is 1. The van der Waals surface area contributed by atoms with Crippen molar-refractivity contribution in [2.45, 2.75) is 71.1 Å². The Morgan fingerprint density at radius 2 is 1.52 bits per heavy atom.